The lowest BCUT2D eigenvalue weighted by Crippen LogP contribution is -2.31. The van der Waals surface area contributed by atoms with Crippen LogP contribution >= 0.6 is 11.8 Å². The maximum atomic E-state index is 12.6. The summed E-state index contributed by atoms with van der Waals surface area (Å²) >= 11 is 1.42. The lowest BCUT2D eigenvalue weighted by atomic mass is 10.1. The molecule has 2 aromatic carbocycles. The zero-order valence-corrected chi connectivity index (χ0v) is 17.7. The number of carbonyl (C=O) groups excluding carboxylic acids is 2. The van der Waals surface area contributed by atoms with Crippen molar-refractivity contribution < 1.29 is 19.2 Å². The molecule has 154 valence electrons. The minimum atomic E-state index is -0.448. The van der Waals surface area contributed by atoms with Crippen LogP contribution in [0.2, 0.25) is 0 Å². The van der Waals surface area contributed by atoms with E-state index in [9.17, 15) is 19.7 Å². The second kappa shape index (κ2) is 10.1. The van der Waals surface area contributed by atoms with Crippen LogP contribution in [0.1, 0.15) is 41.4 Å². The van der Waals surface area contributed by atoms with Crippen molar-refractivity contribution in [1.82, 2.24) is 4.90 Å². The molecule has 0 aliphatic heterocycles. The Morgan fingerprint density at radius 1 is 1.24 bits per heavy atom. The number of nitrogens with zero attached hydrogens (tertiary/aromatic N) is 2. The van der Waals surface area contributed by atoms with Crippen molar-refractivity contribution in [3.63, 3.8) is 0 Å². The minimum Gasteiger partial charge on any atom is -0.496 e. The molecule has 29 heavy (non-hydrogen) atoms. The fraction of sp³-hybridized carbons (Fsp3) is 0.333. The topological polar surface area (TPSA) is 89.8 Å². The first-order chi connectivity index (χ1) is 13.7. The third kappa shape index (κ3) is 5.80. The average molecular weight is 416 g/mol. The van der Waals surface area contributed by atoms with Crippen LogP contribution in [0.3, 0.4) is 0 Å². The number of non-ortho nitro benzene ring substituents is 1. The first-order valence-electron chi connectivity index (χ1n) is 9.00. The van der Waals surface area contributed by atoms with Gasteiger partial charge in [0.1, 0.15) is 5.75 Å². The minimum absolute atomic E-state index is 0.00187. The van der Waals surface area contributed by atoms with Crippen molar-refractivity contribution in [3.05, 3.63) is 69.3 Å². The summed E-state index contributed by atoms with van der Waals surface area (Å²) in [6.45, 7) is 3.34. The molecular formula is C21H24N2O5S. The van der Waals surface area contributed by atoms with Gasteiger partial charge in [-0.15, -0.1) is 11.8 Å². The summed E-state index contributed by atoms with van der Waals surface area (Å²) in [5, 5.41) is 11.0. The Morgan fingerprint density at radius 2 is 1.97 bits per heavy atom. The third-order valence-corrected chi connectivity index (χ3v) is 5.67. The number of Topliss-reactive ketones (excluding diaryl/α,β-unsaturated/α-hetero) is 1. The van der Waals surface area contributed by atoms with Crippen LogP contribution in [0.25, 0.3) is 0 Å². The van der Waals surface area contributed by atoms with Gasteiger partial charge < -0.3 is 9.64 Å². The molecule has 0 heterocycles. The molecule has 0 saturated heterocycles. The van der Waals surface area contributed by atoms with Gasteiger partial charge in [-0.2, -0.15) is 0 Å². The van der Waals surface area contributed by atoms with E-state index in [4.69, 9.17) is 4.74 Å². The Bertz CT molecular complexity index is 916. The number of carbonyl (C=O) groups is 2. The standard InChI is InChI=1S/C21H24N2O5S/c1-14(16-6-5-7-19(11-16)23(26)27)22(3)21(25)13-29-12-18-10-17(15(2)24)8-9-20(18)28-4/h5-11,14H,12-13H2,1-4H3/t14-/m1/s1. The highest BCUT2D eigenvalue weighted by Crippen LogP contribution is 2.27. The fourth-order valence-corrected chi connectivity index (χ4v) is 3.72. The van der Waals surface area contributed by atoms with E-state index in [-0.39, 0.29) is 29.2 Å². The Kier molecular flexibility index (Phi) is 7.78. The van der Waals surface area contributed by atoms with Crippen LogP contribution < -0.4 is 4.74 Å². The number of nitro benzene ring substituents is 1. The Balaban J connectivity index is 2.00. The average Bonchev–Trinajstić information content (AvgIpc) is 2.72. The van der Waals surface area contributed by atoms with Gasteiger partial charge in [-0.05, 0) is 37.6 Å². The highest BCUT2D eigenvalue weighted by Gasteiger charge is 2.19. The normalized spacial score (nSPS) is 11.6. The number of thioether (sulfide) groups is 1. The molecular weight excluding hydrogens is 392 g/mol. The Hall–Kier alpha value is -2.87. The summed E-state index contributed by atoms with van der Waals surface area (Å²) in [6.07, 6.45) is 0. The molecule has 0 aliphatic carbocycles. The van der Waals surface area contributed by atoms with Gasteiger partial charge in [0.05, 0.1) is 23.8 Å². The summed E-state index contributed by atoms with van der Waals surface area (Å²) in [4.78, 5) is 36.3. The SMILES string of the molecule is COc1ccc(C(C)=O)cc1CSCC(=O)N(C)[C@H](C)c1cccc([N+](=O)[O-])c1. The molecule has 1 atom stereocenters. The smallest absolute Gasteiger partial charge is 0.269 e. The molecule has 0 fully saturated rings. The highest BCUT2D eigenvalue weighted by atomic mass is 32.2. The van der Waals surface area contributed by atoms with Gasteiger partial charge >= 0.3 is 0 Å². The molecule has 8 heteroatoms. The van der Waals surface area contributed by atoms with E-state index >= 15 is 0 Å². The molecule has 0 aromatic heterocycles. The second-order valence-electron chi connectivity index (χ2n) is 6.61. The van der Waals surface area contributed by atoms with Crippen molar-refractivity contribution >= 4 is 29.1 Å². The predicted octanol–water partition coefficient (Wildman–Crippen LogP) is 4.26. The summed E-state index contributed by atoms with van der Waals surface area (Å²) in [5.74, 6) is 1.32. The van der Waals surface area contributed by atoms with Gasteiger partial charge in [-0.1, -0.05) is 12.1 Å². The number of nitro groups is 1. The van der Waals surface area contributed by atoms with Crippen LogP contribution in [0.15, 0.2) is 42.5 Å². The second-order valence-corrected chi connectivity index (χ2v) is 7.59. The number of rotatable bonds is 9. The van der Waals surface area contributed by atoms with Crippen LogP contribution in [-0.4, -0.2) is 41.4 Å². The van der Waals surface area contributed by atoms with Crippen molar-refractivity contribution in [3.8, 4) is 5.75 Å². The zero-order valence-electron chi connectivity index (χ0n) is 16.9. The fourth-order valence-electron chi connectivity index (χ4n) is 2.80. The Morgan fingerprint density at radius 3 is 2.59 bits per heavy atom. The van der Waals surface area contributed by atoms with E-state index in [1.54, 1.807) is 49.4 Å². The Labute approximate surface area is 174 Å². The van der Waals surface area contributed by atoms with E-state index in [0.29, 0.717) is 22.6 Å². The summed E-state index contributed by atoms with van der Waals surface area (Å²) in [7, 11) is 3.25. The third-order valence-electron chi connectivity index (χ3n) is 4.71. The number of hydrogen-bond acceptors (Lipinski definition) is 6. The molecule has 0 spiro atoms. The van der Waals surface area contributed by atoms with Crippen LogP contribution in [0.5, 0.6) is 5.75 Å². The molecule has 2 aromatic rings. The number of ether oxygens (including phenoxy) is 1. The number of amides is 1. The zero-order chi connectivity index (χ0) is 21.6. The monoisotopic (exact) mass is 416 g/mol. The largest absolute Gasteiger partial charge is 0.496 e. The van der Waals surface area contributed by atoms with E-state index in [0.717, 1.165) is 5.56 Å². The van der Waals surface area contributed by atoms with Crippen molar-refractivity contribution in [1.29, 1.82) is 0 Å². The molecule has 2 rings (SSSR count). The van der Waals surface area contributed by atoms with Gasteiger partial charge in [0, 0.05) is 36.1 Å². The first-order valence-corrected chi connectivity index (χ1v) is 10.2. The van der Waals surface area contributed by atoms with Crippen molar-refractivity contribution in [2.75, 3.05) is 19.9 Å². The highest BCUT2D eigenvalue weighted by molar-refractivity contribution is 7.99. The summed E-state index contributed by atoms with van der Waals surface area (Å²) in [5.41, 5.74) is 2.16. The molecule has 0 N–H and O–H groups in total. The van der Waals surface area contributed by atoms with Crippen LogP contribution in [0.4, 0.5) is 5.69 Å². The number of ketones is 1. The number of benzene rings is 2. The van der Waals surface area contributed by atoms with Gasteiger partial charge in [0.15, 0.2) is 5.78 Å². The van der Waals surface area contributed by atoms with Crippen LogP contribution in [-0.2, 0) is 10.5 Å². The summed E-state index contributed by atoms with van der Waals surface area (Å²) in [6, 6.07) is 11.3. The molecule has 0 aliphatic rings. The molecule has 0 unspecified atom stereocenters. The van der Waals surface area contributed by atoms with Crippen LogP contribution in [0, 0.1) is 10.1 Å². The summed E-state index contributed by atoms with van der Waals surface area (Å²) < 4.78 is 5.34. The lowest BCUT2D eigenvalue weighted by molar-refractivity contribution is -0.384. The van der Waals surface area contributed by atoms with E-state index in [1.807, 2.05) is 6.92 Å². The van der Waals surface area contributed by atoms with Gasteiger partial charge in [-0.25, -0.2) is 0 Å². The van der Waals surface area contributed by atoms with E-state index < -0.39 is 4.92 Å². The molecule has 1 amide bonds. The molecule has 0 radical (unpaired) electrons. The molecule has 0 bridgehead atoms. The van der Waals surface area contributed by atoms with Gasteiger partial charge in [0.25, 0.3) is 5.69 Å². The first kappa shape index (κ1) is 22.4. The quantitative estimate of drug-likeness (QED) is 0.345. The van der Waals surface area contributed by atoms with Crippen molar-refractivity contribution in [2.45, 2.75) is 25.6 Å². The molecule has 0 saturated carbocycles. The van der Waals surface area contributed by atoms with Crippen molar-refractivity contribution in [2.24, 2.45) is 0 Å². The van der Waals surface area contributed by atoms with E-state index in [2.05, 4.69) is 0 Å². The van der Waals surface area contributed by atoms with Gasteiger partial charge in [0.2, 0.25) is 5.91 Å². The maximum Gasteiger partial charge on any atom is 0.269 e. The maximum absolute atomic E-state index is 12.6. The lowest BCUT2D eigenvalue weighted by Gasteiger charge is -2.25. The molecule has 7 nitrogen and oxygen atoms in total. The van der Waals surface area contributed by atoms with Gasteiger partial charge in [-0.3, -0.25) is 19.7 Å². The number of methoxy groups -OCH3 is 1. The predicted molar refractivity (Wildman–Crippen MR) is 113 cm³/mol. The van der Waals surface area contributed by atoms with E-state index in [1.165, 1.54) is 30.8 Å². The number of hydrogen-bond donors (Lipinski definition) is 0.